The van der Waals surface area contributed by atoms with Crippen molar-refractivity contribution >= 4 is 15.2 Å². The van der Waals surface area contributed by atoms with Gasteiger partial charge in [-0.1, -0.05) is 48.0 Å². The van der Waals surface area contributed by atoms with Crippen molar-refractivity contribution in [3.05, 3.63) is 65.7 Å². The van der Waals surface area contributed by atoms with Crippen molar-refractivity contribution < 1.29 is 8.76 Å². The van der Waals surface area contributed by atoms with Crippen LogP contribution in [-0.4, -0.2) is 14.1 Å². The molecule has 0 aromatic heterocycles. The molecule has 1 N–H and O–H groups in total. The Morgan fingerprint density at radius 3 is 2.18 bits per heavy atom. The number of aryl methyl sites for hydroxylation is 1. The summed E-state index contributed by atoms with van der Waals surface area (Å²) in [5, 5.41) is 1.40. The Morgan fingerprint density at radius 1 is 1.00 bits per heavy atom. The molecule has 0 aliphatic rings. The van der Waals surface area contributed by atoms with Crippen molar-refractivity contribution in [2.24, 2.45) is 0 Å². The Morgan fingerprint density at radius 2 is 1.59 bits per heavy atom. The van der Waals surface area contributed by atoms with Crippen molar-refractivity contribution in [3.8, 4) is 0 Å². The molecular weight excluding hydrogens is 232 g/mol. The lowest BCUT2D eigenvalue weighted by atomic mass is 10.2. The Balaban J connectivity index is 2.46. The molecule has 3 heteroatoms. The molecule has 2 rings (SSSR count). The van der Waals surface area contributed by atoms with E-state index in [2.05, 4.69) is 0 Å². The quantitative estimate of drug-likeness (QED) is 0.827. The molecule has 0 aliphatic heterocycles. The lowest BCUT2D eigenvalue weighted by Crippen LogP contribution is -2.03. The highest BCUT2D eigenvalue weighted by Gasteiger charge is 2.05. The van der Waals surface area contributed by atoms with E-state index in [4.69, 9.17) is 0 Å². The van der Waals surface area contributed by atoms with Crippen LogP contribution in [-0.2, 0) is 9.80 Å². The first-order valence-corrected chi connectivity index (χ1v) is 6.89. The highest BCUT2D eigenvalue weighted by Crippen LogP contribution is 2.11. The summed E-state index contributed by atoms with van der Waals surface area (Å²) < 4.78 is 22.2. The van der Waals surface area contributed by atoms with Gasteiger partial charge in [0.2, 0.25) is 0 Å². The minimum atomic E-state index is -3.11. The molecule has 0 fully saturated rings. The predicted molar refractivity (Wildman–Crippen MR) is 71.8 cm³/mol. The van der Waals surface area contributed by atoms with Gasteiger partial charge in [0.15, 0.2) is 0 Å². The first-order chi connectivity index (χ1) is 8.08. The van der Waals surface area contributed by atoms with E-state index >= 15 is 0 Å². The van der Waals surface area contributed by atoms with Crippen LogP contribution in [0.15, 0.2) is 59.5 Å². The summed E-state index contributed by atoms with van der Waals surface area (Å²) in [6.45, 7) is 1.95. The molecule has 0 amide bonds. The van der Waals surface area contributed by atoms with Gasteiger partial charge < -0.3 is 4.55 Å². The standard InChI is InChI=1S/C14H14O2S/c1-12-7-9-14(10-8-12)17(15,16)11-13-5-3-2-4-6-13/h2-11H,1H3,(H,15,16). The van der Waals surface area contributed by atoms with Gasteiger partial charge in [0.25, 0.3) is 0 Å². The third kappa shape index (κ3) is 2.96. The normalized spacial score (nSPS) is 14.0. The first kappa shape index (κ1) is 11.9. The molecule has 2 nitrogen and oxygen atoms in total. The van der Waals surface area contributed by atoms with Crippen LogP contribution in [0.4, 0.5) is 0 Å². The Bertz CT molecular complexity index is 606. The van der Waals surface area contributed by atoms with Crippen LogP contribution in [0.1, 0.15) is 11.1 Å². The summed E-state index contributed by atoms with van der Waals surface area (Å²) >= 11 is 0. The Kier molecular flexibility index (Phi) is 3.31. The lowest BCUT2D eigenvalue weighted by molar-refractivity contribution is 0.560. The average molecular weight is 246 g/mol. The van der Waals surface area contributed by atoms with E-state index in [9.17, 15) is 8.76 Å². The van der Waals surface area contributed by atoms with Gasteiger partial charge in [0.05, 0.1) is 4.90 Å². The average Bonchev–Trinajstić information content (AvgIpc) is 2.30. The monoisotopic (exact) mass is 246 g/mol. The van der Waals surface area contributed by atoms with Gasteiger partial charge >= 0.3 is 0 Å². The summed E-state index contributed by atoms with van der Waals surface area (Å²) in [4.78, 5) is 0.437. The Labute approximate surface area is 102 Å². The number of hydrogen-bond donors (Lipinski definition) is 1. The largest absolute Gasteiger partial charge is 0.310 e. The van der Waals surface area contributed by atoms with E-state index in [1.54, 1.807) is 12.1 Å². The van der Waals surface area contributed by atoms with Crippen LogP contribution in [0.5, 0.6) is 0 Å². The summed E-state index contributed by atoms with van der Waals surface area (Å²) in [6, 6.07) is 16.2. The topological polar surface area (TPSA) is 37.3 Å². The van der Waals surface area contributed by atoms with Crippen LogP contribution in [0.2, 0.25) is 0 Å². The van der Waals surface area contributed by atoms with E-state index < -0.39 is 9.80 Å². The van der Waals surface area contributed by atoms with Crippen LogP contribution in [0, 0.1) is 6.92 Å². The zero-order chi connectivity index (χ0) is 12.3. The highest BCUT2D eigenvalue weighted by molar-refractivity contribution is 7.96. The van der Waals surface area contributed by atoms with E-state index in [0.29, 0.717) is 4.90 Å². The second-order valence-corrected chi connectivity index (χ2v) is 5.75. The van der Waals surface area contributed by atoms with Crippen LogP contribution < -0.4 is 0 Å². The van der Waals surface area contributed by atoms with Gasteiger partial charge in [0.1, 0.15) is 9.80 Å². The maximum atomic E-state index is 12.2. The van der Waals surface area contributed by atoms with Crippen LogP contribution in [0.25, 0.3) is 0 Å². The molecule has 0 heterocycles. The number of hydrogen-bond acceptors (Lipinski definition) is 1. The third-order valence-corrected chi connectivity index (χ3v) is 3.99. The number of rotatable bonds is 2. The van der Waals surface area contributed by atoms with Crippen molar-refractivity contribution in [2.45, 2.75) is 11.8 Å². The van der Waals surface area contributed by atoms with Gasteiger partial charge in [0, 0.05) is 5.37 Å². The zero-order valence-electron chi connectivity index (χ0n) is 9.54. The van der Waals surface area contributed by atoms with E-state index in [0.717, 1.165) is 11.1 Å². The fourth-order valence-corrected chi connectivity index (χ4v) is 2.71. The zero-order valence-corrected chi connectivity index (χ0v) is 10.4. The maximum Gasteiger partial charge on any atom is 0.111 e. The van der Waals surface area contributed by atoms with E-state index in [-0.39, 0.29) is 0 Å². The van der Waals surface area contributed by atoms with Crippen molar-refractivity contribution in [3.63, 3.8) is 0 Å². The fraction of sp³-hybridized carbons (Fsp3) is 0.0714. The molecule has 0 bridgehead atoms. The fourth-order valence-electron chi connectivity index (χ4n) is 1.52. The second-order valence-electron chi connectivity index (χ2n) is 3.91. The first-order valence-electron chi connectivity index (χ1n) is 5.31. The SMILES string of the molecule is Cc1ccc(S(=O)(O)=Cc2ccccc2)cc1. The van der Waals surface area contributed by atoms with E-state index in [1.165, 1.54) is 5.37 Å². The molecule has 0 spiro atoms. The molecule has 0 saturated heterocycles. The maximum absolute atomic E-state index is 12.2. The van der Waals surface area contributed by atoms with E-state index in [1.807, 2.05) is 49.4 Å². The van der Waals surface area contributed by atoms with Gasteiger partial charge in [-0.3, -0.25) is 0 Å². The third-order valence-electron chi connectivity index (χ3n) is 2.45. The summed E-state index contributed by atoms with van der Waals surface area (Å²) in [5.74, 6) is 0. The molecular formula is C14H14O2S. The number of benzene rings is 2. The Hall–Kier alpha value is -1.58. The minimum Gasteiger partial charge on any atom is -0.310 e. The molecule has 0 radical (unpaired) electrons. The summed E-state index contributed by atoms with van der Waals surface area (Å²) in [5.41, 5.74) is 1.82. The van der Waals surface area contributed by atoms with Gasteiger partial charge in [-0.2, -0.15) is 0 Å². The van der Waals surface area contributed by atoms with Crippen molar-refractivity contribution in [1.82, 2.24) is 0 Å². The molecule has 2 aromatic carbocycles. The molecule has 1 unspecified atom stereocenters. The highest BCUT2D eigenvalue weighted by atomic mass is 32.2. The van der Waals surface area contributed by atoms with Crippen molar-refractivity contribution in [1.29, 1.82) is 0 Å². The van der Waals surface area contributed by atoms with Crippen LogP contribution in [0.3, 0.4) is 0 Å². The van der Waals surface area contributed by atoms with Gasteiger partial charge in [-0.05, 0) is 24.6 Å². The molecule has 0 saturated carbocycles. The summed E-state index contributed by atoms with van der Waals surface area (Å²) in [6.07, 6.45) is 0. The van der Waals surface area contributed by atoms with Crippen LogP contribution >= 0.6 is 0 Å². The van der Waals surface area contributed by atoms with Gasteiger partial charge in [-0.25, -0.2) is 4.21 Å². The molecule has 88 valence electrons. The van der Waals surface area contributed by atoms with Gasteiger partial charge in [-0.15, -0.1) is 0 Å². The predicted octanol–water partition coefficient (Wildman–Crippen LogP) is 2.96. The lowest BCUT2D eigenvalue weighted by Gasteiger charge is -2.04. The smallest absolute Gasteiger partial charge is 0.111 e. The second kappa shape index (κ2) is 4.73. The molecule has 0 aliphatic carbocycles. The van der Waals surface area contributed by atoms with Crippen molar-refractivity contribution in [2.75, 3.05) is 0 Å². The minimum absolute atomic E-state index is 0.437. The summed E-state index contributed by atoms with van der Waals surface area (Å²) in [7, 11) is -3.11. The molecule has 2 aromatic rings. The molecule has 17 heavy (non-hydrogen) atoms. The molecule has 1 atom stereocenters.